The Bertz CT molecular complexity index is 602. The predicted molar refractivity (Wildman–Crippen MR) is 77.8 cm³/mol. The summed E-state index contributed by atoms with van der Waals surface area (Å²) in [6.45, 7) is 1.18. The summed E-state index contributed by atoms with van der Waals surface area (Å²) in [4.78, 5) is 11.7. The van der Waals surface area contributed by atoms with Gasteiger partial charge in [0.25, 0.3) is 0 Å². The lowest BCUT2D eigenvalue weighted by Crippen LogP contribution is -2.21. The molecule has 0 saturated carbocycles. The van der Waals surface area contributed by atoms with E-state index in [1.165, 1.54) is 6.07 Å². The average Bonchev–Trinajstić information content (AvgIpc) is 2.49. The predicted octanol–water partition coefficient (Wildman–Crippen LogP) is 3.08. The van der Waals surface area contributed by atoms with Gasteiger partial charge in [0.1, 0.15) is 0 Å². The van der Waals surface area contributed by atoms with Gasteiger partial charge in [-0.2, -0.15) is 0 Å². The third-order valence-corrected chi connectivity index (χ3v) is 2.90. The summed E-state index contributed by atoms with van der Waals surface area (Å²) in [5.74, 6) is -2.16. The number of hydrogen-bond acceptors (Lipinski definition) is 2. The lowest BCUT2D eigenvalue weighted by atomic mass is 10.2. The van der Waals surface area contributed by atoms with E-state index < -0.39 is 11.6 Å². The molecule has 0 saturated heterocycles. The number of carbonyl (C=O) groups is 1. The summed E-state index contributed by atoms with van der Waals surface area (Å²) < 4.78 is 25.7. The molecule has 3 nitrogen and oxygen atoms in total. The number of hydrogen-bond donors (Lipinski definition) is 2. The van der Waals surface area contributed by atoms with E-state index in [-0.39, 0.29) is 18.0 Å². The molecule has 0 aliphatic rings. The van der Waals surface area contributed by atoms with Crippen LogP contribution < -0.4 is 10.6 Å². The second-order valence-electron chi connectivity index (χ2n) is 4.59. The maximum atomic E-state index is 13.0. The van der Waals surface area contributed by atoms with Gasteiger partial charge in [-0.05, 0) is 17.7 Å². The van der Waals surface area contributed by atoms with E-state index in [0.29, 0.717) is 13.1 Å². The summed E-state index contributed by atoms with van der Waals surface area (Å²) in [7, 11) is 0. The first-order valence-electron chi connectivity index (χ1n) is 6.65. The van der Waals surface area contributed by atoms with Crippen LogP contribution in [0.25, 0.3) is 0 Å². The van der Waals surface area contributed by atoms with Crippen LogP contribution in [-0.2, 0) is 11.3 Å². The Labute approximate surface area is 122 Å². The molecular weight excluding hydrogens is 274 g/mol. The Hall–Kier alpha value is -2.27. The highest BCUT2D eigenvalue weighted by Gasteiger charge is 2.06. The quantitative estimate of drug-likeness (QED) is 0.803. The first-order chi connectivity index (χ1) is 10.1. The molecule has 110 valence electrons. The van der Waals surface area contributed by atoms with E-state index >= 15 is 0 Å². The average molecular weight is 290 g/mol. The summed E-state index contributed by atoms with van der Waals surface area (Å²) in [6.07, 6.45) is 0.256. The molecule has 0 spiro atoms. The highest BCUT2D eigenvalue weighted by molar-refractivity contribution is 5.90. The highest BCUT2D eigenvalue weighted by Crippen LogP contribution is 2.13. The Morgan fingerprint density at radius 1 is 1.00 bits per heavy atom. The Morgan fingerprint density at radius 3 is 2.48 bits per heavy atom. The first kappa shape index (κ1) is 15.1. The van der Waals surface area contributed by atoms with Crippen LogP contribution in [0.3, 0.4) is 0 Å². The maximum Gasteiger partial charge on any atom is 0.225 e. The summed E-state index contributed by atoms with van der Waals surface area (Å²) >= 11 is 0. The molecule has 2 aromatic rings. The van der Waals surface area contributed by atoms with Gasteiger partial charge in [-0.25, -0.2) is 8.78 Å². The number of anilines is 1. The Balaban J connectivity index is 1.71. The molecule has 5 heteroatoms. The van der Waals surface area contributed by atoms with Gasteiger partial charge in [-0.1, -0.05) is 30.3 Å². The molecule has 0 aliphatic heterocycles. The monoisotopic (exact) mass is 290 g/mol. The topological polar surface area (TPSA) is 41.1 Å². The van der Waals surface area contributed by atoms with Crippen LogP contribution in [0.4, 0.5) is 14.5 Å². The van der Waals surface area contributed by atoms with Gasteiger partial charge in [-0.15, -0.1) is 0 Å². The number of halogens is 2. The first-order valence-corrected chi connectivity index (χ1v) is 6.65. The van der Waals surface area contributed by atoms with Crippen molar-refractivity contribution in [2.45, 2.75) is 13.0 Å². The second kappa shape index (κ2) is 7.50. The van der Waals surface area contributed by atoms with Gasteiger partial charge in [0.2, 0.25) is 5.91 Å². The van der Waals surface area contributed by atoms with Gasteiger partial charge in [0, 0.05) is 31.3 Å². The minimum atomic E-state index is -0.977. The zero-order valence-electron chi connectivity index (χ0n) is 11.4. The van der Waals surface area contributed by atoms with Crippen LogP contribution >= 0.6 is 0 Å². The second-order valence-corrected chi connectivity index (χ2v) is 4.59. The van der Waals surface area contributed by atoms with Crippen molar-refractivity contribution in [3.05, 3.63) is 65.7 Å². The molecule has 0 atom stereocenters. The zero-order valence-corrected chi connectivity index (χ0v) is 11.4. The fraction of sp³-hybridized carbons (Fsp3) is 0.188. The third-order valence-electron chi connectivity index (χ3n) is 2.90. The summed E-state index contributed by atoms with van der Waals surface area (Å²) in [6, 6.07) is 13.1. The van der Waals surface area contributed by atoms with Crippen LogP contribution in [-0.4, -0.2) is 12.5 Å². The molecule has 0 heterocycles. The standard InChI is InChI=1S/C16H16F2N2O/c17-14-7-6-13(10-15(14)18)20-16(21)8-9-19-11-12-4-2-1-3-5-12/h1-7,10,19H,8-9,11H2,(H,20,21). The van der Waals surface area contributed by atoms with Crippen molar-refractivity contribution >= 4 is 11.6 Å². The molecule has 0 fully saturated rings. The van der Waals surface area contributed by atoms with Crippen molar-refractivity contribution in [2.75, 3.05) is 11.9 Å². The van der Waals surface area contributed by atoms with Crippen LogP contribution in [0.15, 0.2) is 48.5 Å². The van der Waals surface area contributed by atoms with Crippen molar-refractivity contribution < 1.29 is 13.6 Å². The Morgan fingerprint density at radius 2 is 1.76 bits per heavy atom. The number of nitrogens with one attached hydrogen (secondary N) is 2. The maximum absolute atomic E-state index is 13.0. The fourth-order valence-electron chi connectivity index (χ4n) is 1.83. The molecule has 0 aromatic heterocycles. The minimum Gasteiger partial charge on any atom is -0.326 e. The highest BCUT2D eigenvalue weighted by atomic mass is 19.2. The minimum absolute atomic E-state index is 0.249. The normalized spacial score (nSPS) is 10.4. The van der Waals surface area contributed by atoms with Gasteiger partial charge in [-0.3, -0.25) is 4.79 Å². The fourth-order valence-corrected chi connectivity index (χ4v) is 1.83. The smallest absolute Gasteiger partial charge is 0.225 e. The van der Waals surface area contributed by atoms with E-state index in [4.69, 9.17) is 0 Å². The van der Waals surface area contributed by atoms with Crippen LogP contribution in [0.5, 0.6) is 0 Å². The SMILES string of the molecule is O=C(CCNCc1ccccc1)Nc1ccc(F)c(F)c1. The molecule has 0 radical (unpaired) electrons. The van der Waals surface area contributed by atoms with Crippen molar-refractivity contribution in [3.8, 4) is 0 Å². The van der Waals surface area contributed by atoms with Gasteiger partial charge < -0.3 is 10.6 Å². The third kappa shape index (κ3) is 4.96. The van der Waals surface area contributed by atoms with Crippen LogP contribution in [0, 0.1) is 11.6 Å². The largest absolute Gasteiger partial charge is 0.326 e. The number of rotatable bonds is 6. The zero-order chi connectivity index (χ0) is 15.1. The molecule has 0 unspecified atom stereocenters. The molecule has 1 amide bonds. The van der Waals surface area contributed by atoms with Crippen LogP contribution in [0.2, 0.25) is 0 Å². The van der Waals surface area contributed by atoms with E-state index in [9.17, 15) is 13.6 Å². The summed E-state index contributed by atoms with van der Waals surface area (Å²) in [5.41, 5.74) is 1.39. The van der Waals surface area contributed by atoms with Gasteiger partial charge in [0.05, 0.1) is 0 Å². The number of amides is 1. The van der Waals surface area contributed by atoms with Gasteiger partial charge >= 0.3 is 0 Å². The van der Waals surface area contributed by atoms with Crippen molar-refractivity contribution in [1.29, 1.82) is 0 Å². The van der Waals surface area contributed by atoms with E-state index in [1.807, 2.05) is 30.3 Å². The van der Waals surface area contributed by atoms with E-state index in [0.717, 1.165) is 17.7 Å². The lowest BCUT2D eigenvalue weighted by molar-refractivity contribution is -0.116. The van der Waals surface area contributed by atoms with Gasteiger partial charge in [0.15, 0.2) is 11.6 Å². The van der Waals surface area contributed by atoms with Crippen LogP contribution in [0.1, 0.15) is 12.0 Å². The number of carbonyl (C=O) groups excluding carboxylic acids is 1. The Kier molecular flexibility index (Phi) is 5.40. The van der Waals surface area contributed by atoms with E-state index in [2.05, 4.69) is 10.6 Å². The molecule has 0 bridgehead atoms. The molecular formula is C16H16F2N2O. The van der Waals surface area contributed by atoms with Crippen molar-refractivity contribution in [2.24, 2.45) is 0 Å². The van der Waals surface area contributed by atoms with E-state index in [1.54, 1.807) is 0 Å². The molecule has 21 heavy (non-hydrogen) atoms. The molecule has 0 aliphatic carbocycles. The lowest BCUT2D eigenvalue weighted by Gasteiger charge is -2.07. The molecule has 2 N–H and O–H groups in total. The summed E-state index contributed by atoms with van der Waals surface area (Å²) in [5, 5.41) is 5.67. The van der Waals surface area contributed by atoms with Crippen molar-refractivity contribution in [1.82, 2.24) is 5.32 Å². The van der Waals surface area contributed by atoms with Crippen molar-refractivity contribution in [3.63, 3.8) is 0 Å². The number of benzene rings is 2. The molecule has 2 rings (SSSR count). The molecule has 2 aromatic carbocycles.